The topological polar surface area (TPSA) is 36.9 Å². The Balaban J connectivity index is 1.67. The molecule has 0 fully saturated rings. The van der Waals surface area contributed by atoms with Gasteiger partial charge in [0.1, 0.15) is 0 Å². The molecule has 0 N–H and O–H groups in total. The van der Waals surface area contributed by atoms with Crippen molar-refractivity contribution in [2.45, 2.75) is 141 Å². The van der Waals surface area contributed by atoms with E-state index >= 15 is 0 Å². The molecule has 0 heterocycles. The number of hydrogen-bond acceptors (Lipinski definition) is 4. The van der Waals surface area contributed by atoms with Gasteiger partial charge in [0.25, 0.3) is 0 Å². The van der Waals surface area contributed by atoms with Gasteiger partial charge in [-0.3, -0.25) is 0 Å². The maximum Gasteiger partial charge on any atom is 0.311 e. The second kappa shape index (κ2) is 16.1. The molecule has 200 valence electrons. The molecule has 0 bridgehead atoms. The van der Waals surface area contributed by atoms with Gasteiger partial charge in [-0.25, -0.2) is 0 Å². The quantitative estimate of drug-likeness (QED) is 0.155. The summed E-state index contributed by atoms with van der Waals surface area (Å²) in [5.74, 6) is 2.48. The molecule has 0 spiro atoms. The summed E-state index contributed by atoms with van der Waals surface area (Å²) in [5, 5.41) is 0. The fourth-order valence-electron chi connectivity index (χ4n) is 4.96. The lowest BCUT2D eigenvalue weighted by Crippen LogP contribution is -2.52. The third kappa shape index (κ3) is 15.2. The van der Waals surface area contributed by atoms with Crippen LogP contribution in [0.15, 0.2) is 23.7 Å². The van der Waals surface area contributed by atoms with E-state index < -0.39 is 25.2 Å². The van der Waals surface area contributed by atoms with E-state index in [-0.39, 0.29) is 0 Å². The Morgan fingerprint density at radius 2 is 1.00 bits per heavy atom. The average Bonchev–Trinajstić information content (AvgIpc) is 2.69. The fraction of sp³-hybridized carbons (Fsp3) is 0.846. The van der Waals surface area contributed by atoms with E-state index in [2.05, 4.69) is 51.4 Å². The van der Waals surface area contributed by atoms with Crippen molar-refractivity contribution < 1.29 is 17.1 Å². The van der Waals surface area contributed by atoms with Gasteiger partial charge in [-0.2, -0.15) is 0 Å². The molecule has 0 atom stereocenters. The Labute approximate surface area is 225 Å². The van der Waals surface area contributed by atoms with Gasteiger partial charge in [0, 0.05) is 12.8 Å². The fourth-order valence-corrected chi connectivity index (χ4v) is 23.5. The van der Waals surface area contributed by atoms with Crippen LogP contribution in [0.25, 0.3) is 0 Å². The maximum atomic E-state index is 6.80. The Morgan fingerprint density at radius 3 is 1.43 bits per heavy atom. The summed E-state index contributed by atoms with van der Waals surface area (Å²) in [6, 6.07) is 4.50. The van der Waals surface area contributed by atoms with E-state index in [1.54, 1.807) is 0 Å². The molecular formula is C26H52O4Si5. The van der Waals surface area contributed by atoms with Crippen LogP contribution < -0.4 is 0 Å². The predicted octanol–water partition coefficient (Wildman–Crippen LogP) is 8.72. The Hall–Kier alpha value is 0.0844. The van der Waals surface area contributed by atoms with Crippen LogP contribution in [-0.2, 0) is 17.1 Å². The zero-order chi connectivity index (χ0) is 25.6. The lowest BCUT2D eigenvalue weighted by Gasteiger charge is -2.38. The molecule has 0 aromatic rings. The van der Waals surface area contributed by atoms with Gasteiger partial charge in [0.2, 0.25) is 0 Å². The third-order valence-electron chi connectivity index (χ3n) is 6.61. The van der Waals surface area contributed by atoms with Gasteiger partial charge in [-0.15, -0.1) is 0 Å². The summed E-state index contributed by atoms with van der Waals surface area (Å²) in [5.41, 5.74) is 0. The first-order chi connectivity index (χ1) is 16.6. The van der Waals surface area contributed by atoms with Gasteiger partial charge < -0.3 is 17.1 Å². The molecular weight excluding hydrogens is 517 g/mol. The first-order valence-corrected chi connectivity index (χ1v) is 25.4. The van der Waals surface area contributed by atoms with Crippen LogP contribution >= 0.6 is 0 Å². The minimum atomic E-state index is -2.16. The lowest BCUT2D eigenvalue weighted by molar-refractivity contribution is 0.385. The van der Waals surface area contributed by atoms with Crippen molar-refractivity contribution in [3.8, 4) is 0 Å². The van der Waals surface area contributed by atoms with E-state index in [4.69, 9.17) is 17.1 Å². The SMILES string of the molecule is C[Si](C)(CC[Si]O/C1=C/CCCCCC1)O[Si](C)(C)O[Si](C)(C)CC[Si]O/C1=C/CCCCCC1. The van der Waals surface area contributed by atoms with Crippen LogP contribution in [0, 0.1) is 0 Å². The van der Waals surface area contributed by atoms with Crippen molar-refractivity contribution in [3.63, 3.8) is 0 Å². The molecule has 0 amide bonds. The standard InChI is InChI=1S/C26H52O4Si5/c1-33(2,23-21-31-27-25-17-13-9-7-10-14-18-25)29-35(5,6)30-34(3,4)24-22-32-28-26-19-15-11-8-12-16-20-26/h17,19H,7-16,18,20-24H2,1-6H3/b25-17+,26-19+. The van der Waals surface area contributed by atoms with Crippen molar-refractivity contribution >= 4 is 44.7 Å². The second-order valence-corrected chi connectivity index (χ2v) is 26.3. The summed E-state index contributed by atoms with van der Waals surface area (Å²) >= 11 is 0. The number of allylic oxidation sites excluding steroid dienone is 4. The maximum absolute atomic E-state index is 6.80. The number of rotatable bonds is 14. The van der Waals surface area contributed by atoms with Crippen molar-refractivity contribution in [1.29, 1.82) is 0 Å². The van der Waals surface area contributed by atoms with Crippen molar-refractivity contribution in [2.24, 2.45) is 0 Å². The van der Waals surface area contributed by atoms with E-state index in [1.807, 2.05) is 0 Å². The normalized spacial score (nSPS) is 22.0. The van der Waals surface area contributed by atoms with Crippen LogP contribution in [0.1, 0.15) is 77.0 Å². The summed E-state index contributed by atoms with van der Waals surface area (Å²) in [6.07, 6.45) is 19.9. The van der Waals surface area contributed by atoms with Gasteiger partial charge in [-0.1, -0.05) is 25.7 Å². The Bertz CT molecular complexity index is 610. The van der Waals surface area contributed by atoms with E-state index in [0.29, 0.717) is 19.5 Å². The molecule has 2 aliphatic carbocycles. The predicted molar refractivity (Wildman–Crippen MR) is 159 cm³/mol. The average molecular weight is 569 g/mol. The first-order valence-electron chi connectivity index (χ1n) is 14.1. The zero-order valence-electron chi connectivity index (χ0n) is 23.6. The molecule has 9 heteroatoms. The van der Waals surface area contributed by atoms with Gasteiger partial charge in [-0.05, 0) is 114 Å². The van der Waals surface area contributed by atoms with E-state index in [0.717, 1.165) is 37.0 Å². The van der Waals surface area contributed by atoms with Crippen LogP contribution in [0.2, 0.25) is 63.5 Å². The summed E-state index contributed by atoms with van der Waals surface area (Å²) in [6.45, 7) is 13.9. The Morgan fingerprint density at radius 1 is 0.600 bits per heavy atom. The largest absolute Gasteiger partial charge is 0.544 e. The summed E-state index contributed by atoms with van der Waals surface area (Å²) in [4.78, 5) is 0. The molecule has 4 radical (unpaired) electrons. The number of hydrogen-bond donors (Lipinski definition) is 0. The van der Waals surface area contributed by atoms with Gasteiger partial charge in [0.05, 0.1) is 11.5 Å². The smallest absolute Gasteiger partial charge is 0.311 e. The second-order valence-electron chi connectivity index (χ2n) is 11.9. The van der Waals surface area contributed by atoms with Crippen LogP contribution in [0.5, 0.6) is 0 Å². The highest BCUT2D eigenvalue weighted by molar-refractivity contribution is 6.88. The van der Waals surface area contributed by atoms with Gasteiger partial charge >= 0.3 is 28.1 Å². The van der Waals surface area contributed by atoms with Crippen molar-refractivity contribution in [3.05, 3.63) is 23.7 Å². The minimum Gasteiger partial charge on any atom is -0.544 e. The molecule has 2 aliphatic rings. The highest BCUT2D eigenvalue weighted by atomic mass is 28.5. The summed E-state index contributed by atoms with van der Waals surface area (Å²) < 4.78 is 25.9. The lowest BCUT2D eigenvalue weighted by atomic mass is 10.1. The molecule has 0 saturated heterocycles. The minimum absolute atomic E-state index is 0.560. The van der Waals surface area contributed by atoms with Crippen LogP contribution in [-0.4, -0.2) is 44.7 Å². The molecule has 0 aliphatic heterocycles. The monoisotopic (exact) mass is 568 g/mol. The molecule has 2 rings (SSSR count). The Kier molecular flexibility index (Phi) is 14.4. The molecule has 0 aromatic carbocycles. The highest BCUT2D eigenvalue weighted by Gasteiger charge is 2.39. The first kappa shape index (κ1) is 31.3. The zero-order valence-corrected chi connectivity index (χ0v) is 28.6. The van der Waals surface area contributed by atoms with E-state index in [1.165, 1.54) is 75.7 Å². The third-order valence-corrected chi connectivity index (χ3v) is 20.6. The van der Waals surface area contributed by atoms with Gasteiger partial charge in [0.15, 0.2) is 16.6 Å². The molecule has 0 aromatic heterocycles. The highest BCUT2D eigenvalue weighted by Crippen LogP contribution is 2.27. The van der Waals surface area contributed by atoms with E-state index in [9.17, 15) is 0 Å². The van der Waals surface area contributed by atoms with Crippen LogP contribution in [0.3, 0.4) is 0 Å². The van der Waals surface area contributed by atoms with Crippen LogP contribution in [0.4, 0.5) is 0 Å². The summed E-state index contributed by atoms with van der Waals surface area (Å²) in [7, 11) is -4.59. The van der Waals surface area contributed by atoms with Crippen molar-refractivity contribution in [1.82, 2.24) is 0 Å². The molecule has 0 unspecified atom stereocenters. The molecule has 4 nitrogen and oxygen atoms in total. The molecule has 0 saturated carbocycles. The molecule has 35 heavy (non-hydrogen) atoms. The van der Waals surface area contributed by atoms with Crippen molar-refractivity contribution in [2.75, 3.05) is 0 Å².